The molecule has 1 unspecified atom stereocenters. The molecule has 0 saturated carbocycles. The summed E-state index contributed by atoms with van der Waals surface area (Å²) in [6, 6.07) is 41.7. The first kappa shape index (κ1) is 26.2. The van der Waals surface area contributed by atoms with Gasteiger partial charge in [0.25, 0.3) is 5.82 Å². The van der Waals surface area contributed by atoms with Gasteiger partial charge in [-0.1, -0.05) is 71.4 Å². The second-order valence-electron chi connectivity index (χ2n) is 13.6. The zero-order valence-corrected chi connectivity index (χ0v) is 27.2. The first-order valence-corrected chi connectivity index (χ1v) is 16.7. The maximum atomic E-state index is 6.88. The molecule has 0 N–H and O–H groups in total. The molecule has 0 radical (unpaired) electrons. The maximum Gasteiger partial charge on any atom is 0.397 e. The van der Waals surface area contributed by atoms with Crippen molar-refractivity contribution in [1.82, 2.24) is 9.25 Å². The summed E-state index contributed by atoms with van der Waals surface area (Å²) in [7, 11) is 0. The first-order chi connectivity index (χ1) is 23.5. The number of hydrogen-bond acceptors (Lipinski definition) is 1. The summed E-state index contributed by atoms with van der Waals surface area (Å²) in [5.41, 5.74) is 15.3. The fourth-order valence-electron chi connectivity index (χ4n) is 9.49. The molecule has 3 aliphatic rings. The highest BCUT2D eigenvalue weighted by Crippen LogP contribution is 2.56. The molecule has 0 saturated heterocycles. The van der Waals surface area contributed by atoms with Gasteiger partial charge in [0.1, 0.15) is 28.3 Å². The Hall–Kier alpha value is -5.94. The Balaban J connectivity index is 1.30. The lowest BCUT2D eigenvalue weighted by atomic mass is 9.83. The van der Waals surface area contributed by atoms with E-state index in [9.17, 15) is 0 Å². The minimum atomic E-state index is -0.696. The van der Waals surface area contributed by atoms with Crippen LogP contribution in [-0.4, -0.2) is 9.25 Å². The van der Waals surface area contributed by atoms with Crippen LogP contribution < -0.4 is 14.0 Å². The predicted octanol–water partition coefficient (Wildman–Crippen LogP) is 8.75. The second-order valence-corrected chi connectivity index (χ2v) is 13.6. The Morgan fingerprint density at radius 2 is 1.38 bits per heavy atom. The standard InChI is InChI=1S/C43H32N4O/c1-25-23-30(29-13-6-5-7-14-29)24-26(2)38(25)39-27(3)46-34-17-12-18-35-40(34)43(47(46)28(39)4)41-36(48-35)21-20-32-31-15-8-9-16-33(31)45(42(32)41)37-19-10-11-22-44(37)43/h5-24H,1-4H3/q+2. The predicted molar refractivity (Wildman–Crippen MR) is 188 cm³/mol. The summed E-state index contributed by atoms with van der Waals surface area (Å²) in [4.78, 5) is 0. The zero-order valence-electron chi connectivity index (χ0n) is 27.2. The van der Waals surface area contributed by atoms with Crippen LogP contribution in [0.3, 0.4) is 0 Å². The highest BCUT2D eigenvalue weighted by Gasteiger charge is 2.70. The third-order valence-corrected chi connectivity index (χ3v) is 11.1. The molecule has 3 aromatic heterocycles. The van der Waals surface area contributed by atoms with E-state index in [-0.39, 0.29) is 0 Å². The van der Waals surface area contributed by atoms with Crippen molar-refractivity contribution < 1.29 is 14.0 Å². The van der Waals surface area contributed by atoms with Crippen molar-refractivity contribution in [3.8, 4) is 45.3 Å². The summed E-state index contributed by atoms with van der Waals surface area (Å²) in [5.74, 6) is 2.94. The molecule has 6 heterocycles. The van der Waals surface area contributed by atoms with Crippen LogP contribution in [-0.2, 0) is 5.66 Å². The molecule has 11 rings (SSSR count). The highest BCUT2D eigenvalue weighted by atomic mass is 16.5. The van der Waals surface area contributed by atoms with Gasteiger partial charge < -0.3 is 4.74 Å². The topological polar surface area (TPSA) is 26.8 Å². The van der Waals surface area contributed by atoms with Gasteiger partial charge in [0.15, 0.2) is 11.1 Å². The molecule has 1 spiro atoms. The molecule has 0 aliphatic carbocycles. The van der Waals surface area contributed by atoms with Gasteiger partial charge in [-0.25, -0.2) is 0 Å². The third-order valence-electron chi connectivity index (χ3n) is 11.1. The summed E-state index contributed by atoms with van der Waals surface area (Å²) in [6.07, 6.45) is 2.26. The normalized spacial score (nSPS) is 16.2. The Kier molecular flexibility index (Phi) is 4.74. The van der Waals surface area contributed by atoms with Crippen LogP contribution in [0.5, 0.6) is 11.5 Å². The van der Waals surface area contributed by atoms with E-state index in [0.717, 1.165) is 23.0 Å². The van der Waals surface area contributed by atoms with Crippen molar-refractivity contribution in [2.24, 2.45) is 0 Å². The summed E-state index contributed by atoms with van der Waals surface area (Å²) in [6.45, 7) is 9.13. The molecule has 0 fully saturated rings. The number of para-hydroxylation sites is 1. The van der Waals surface area contributed by atoms with Gasteiger partial charge in [-0.2, -0.15) is 9.13 Å². The molecule has 228 valence electrons. The highest BCUT2D eigenvalue weighted by molar-refractivity contribution is 6.11. The van der Waals surface area contributed by atoms with Gasteiger partial charge in [-0.3, -0.25) is 0 Å². The lowest BCUT2D eigenvalue weighted by Crippen LogP contribution is -2.77. The first-order valence-electron chi connectivity index (χ1n) is 16.7. The molecule has 5 nitrogen and oxygen atoms in total. The number of fused-ring (bicyclic) bond motifs is 7. The van der Waals surface area contributed by atoms with E-state index < -0.39 is 5.66 Å². The van der Waals surface area contributed by atoms with Crippen molar-refractivity contribution in [2.45, 2.75) is 33.4 Å². The molecule has 48 heavy (non-hydrogen) atoms. The van der Waals surface area contributed by atoms with Crippen molar-refractivity contribution in [3.63, 3.8) is 0 Å². The molecule has 5 aromatic carbocycles. The largest absolute Gasteiger partial charge is 0.456 e. The fourth-order valence-corrected chi connectivity index (χ4v) is 9.49. The van der Waals surface area contributed by atoms with E-state index in [0.29, 0.717) is 0 Å². The SMILES string of the molecule is Cc1cc(-c2ccccc2)cc(C)c1-c1c(C)n2[n+](c1C)C13c4c(cccc4-2)Oc2ccc4c5ccccc5n(c4c21)-c1cccc[n+]13. The van der Waals surface area contributed by atoms with E-state index >= 15 is 0 Å². The van der Waals surface area contributed by atoms with E-state index in [4.69, 9.17) is 4.74 Å². The molecular weight excluding hydrogens is 589 g/mol. The maximum absolute atomic E-state index is 6.88. The summed E-state index contributed by atoms with van der Waals surface area (Å²) >= 11 is 0. The molecule has 5 heteroatoms. The van der Waals surface area contributed by atoms with E-state index in [1.807, 2.05) is 0 Å². The van der Waals surface area contributed by atoms with Gasteiger partial charge in [-0.15, -0.1) is 4.68 Å². The summed E-state index contributed by atoms with van der Waals surface area (Å²) < 4.78 is 16.8. The van der Waals surface area contributed by atoms with Crippen LogP contribution in [0.15, 0.2) is 121 Å². The summed E-state index contributed by atoms with van der Waals surface area (Å²) in [5, 5.41) is 2.49. The van der Waals surface area contributed by atoms with Crippen LogP contribution in [0.2, 0.25) is 0 Å². The van der Waals surface area contributed by atoms with Gasteiger partial charge >= 0.3 is 5.66 Å². The number of nitrogens with zero attached hydrogens (tertiary/aromatic N) is 4. The number of aromatic nitrogens is 4. The molecule has 8 aromatic rings. The van der Waals surface area contributed by atoms with E-state index in [1.165, 1.54) is 77.7 Å². The Morgan fingerprint density at radius 3 is 2.21 bits per heavy atom. The number of hydrogen-bond donors (Lipinski definition) is 0. The van der Waals surface area contributed by atoms with Gasteiger partial charge in [-0.05, 0) is 91.1 Å². The lowest BCUT2D eigenvalue weighted by molar-refractivity contribution is -0.995. The van der Waals surface area contributed by atoms with Crippen LogP contribution in [0.4, 0.5) is 0 Å². The van der Waals surface area contributed by atoms with Crippen LogP contribution in [0, 0.1) is 27.7 Å². The van der Waals surface area contributed by atoms with E-state index in [1.54, 1.807) is 0 Å². The van der Waals surface area contributed by atoms with Crippen molar-refractivity contribution in [3.05, 3.63) is 155 Å². The Bertz CT molecular complexity index is 2730. The Labute approximate surface area is 278 Å². The molecule has 0 bridgehead atoms. The second kappa shape index (κ2) is 8.69. The average molecular weight is 621 g/mol. The van der Waals surface area contributed by atoms with E-state index in [2.05, 4.69) is 168 Å². The fraction of sp³-hybridized carbons (Fsp3) is 0.116. The van der Waals surface area contributed by atoms with Gasteiger partial charge in [0.2, 0.25) is 5.69 Å². The molecule has 3 aliphatic heterocycles. The quantitative estimate of drug-likeness (QED) is 0.178. The number of benzene rings is 5. The van der Waals surface area contributed by atoms with Crippen molar-refractivity contribution in [2.75, 3.05) is 0 Å². The number of ether oxygens (including phenoxy) is 1. The molecular formula is C43H32N4O+2. The lowest BCUT2D eigenvalue weighted by Gasteiger charge is -2.33. The minimum Gasteiger partial charge on any atom is -0.456 e. The Morgan fingerprint density at radius 1 is 0.625 bits per heavy atom. The molecule has 0 amide bonds. The molecule has 1 atom stereocenters. The van der Waals surface area contributed by atoms with Crippen molar-refractivity contribution in [1.29, 1.82) is 0 Å². The number of rotatable bonds is 2. The smallest absolute Gasteiger partial charge is 0.397 e. The number of aryl methyl sites for hydroxylation is 2. The monoisotopic (exact) mass is 620 g/mol. The van der Waals surface area contributed by atoms with Crippen LogP contribution in [0.25, 0.3) is 55.6 Å². The zero-order chi connectivity index (χ0) is 32.1. The third kappa shape index (κ3) is 2.83. The average Bonchev–Trinajstić information content (AvgIpc) is 3.71. The van der Waals surface area contributed by atoms with Gasteiger partial charge in [0, 0.05) is 23.8 Å². The van der Waals surface area contributed by atoms with Crippen molar-refractivity contribution >= 4 is 21.8 Å². The number of pyridine rings is 1. The van der Waals surface area contributed by atoms with Crippen LogP contribution >= 0.6 is 0 Å². The minimum absolute atomic E-state index is 0.696. The van der Waals surface area contributed by atoms with Crippen LogP contribution in [0.1, 0.15) is 33.6 Å². The van der Waals surface area contributed by atoms with Gasteiger partial charge in [0.05, 0.1) is 17.5 Å².